The summed E-state index contributed by atoms with van der Waals surface area (Å²) in [5.74, 6) is -17.1. The summed E-state index contributed by atoms with van der Waals surface area (Å²) >= 11 is 0. The number of rotatable bonds is 2. The van der Waals surface area contributed by atoms with Crippen molar-refractivity contribution in [2.24, 2.45) is 0 Å². The van der Waals surface area contributed by atoms with Crippen molar-refractivity contribution in [3.05, 3.63) is 29.1 Å². The summed E-state index contributed by atoms with van der Waals surface area (Å²) in [5, 5.41) is 0. The van der Waals surface area contributed by atoms with Crippen molar-refractivity contribution in [3.8, 4) is 0 Å². The maximum atomic E-state index is 13.1. The largest absolute Gasteiger partial charge is 0.472 e. The standard InChI is InChI=1S/C8HF8NO3S/c9-1-2(10)4(12)6(5(13)3(1)11)21(19,20)17-7(18)8(14,15)16/h(H,17,18). The number of sulfonamides is 1. The molecule has 0 saturated carbocycles. The number of amides is 1. The van der Waals surface area contributed by atoms with Gasteiger partial charge in [-0.15, -0.1) is 0 Å². The summed E-state index contributed by atoms with van der Waals surface area (Å²) in [6.45, 7) is 0. The maximum absolute atomic E-state index is 13.1. The van der Waals surface area contributed by atoms with E-state index in [1.165, 1.54) is 0 Å². The van der Waals surface area contributed by atoms with Crippen LogP contribution in [-0.2, 0) is 14.8 Å². The van der Waals surface area contributed by atoms with E-state index in [9.17, 15) is 48.3 Å². The number of alkyl halides is 3. The molecule has 0 spiro atoms. The first kappa shape index (κ1) is 17.1. The number of hydrogen-bond acceptors (Lipinski definition) is 3. The van der Waals surface area contributed by atoms with E-state index in [-0.39, 0.29) is 4.72 Å². The lowest BCUT2D eigenvalue weighted by atomic mass is 10.3. The van der Waals surface area contributed by atoms with Crippen LogP contribution >= 0.6 is 0 Å². The van der Waals surface area contributed by atoms with E-state index >= 15 is 0 Å². The average Bonchev–Trinajstić information content (AvgIpc) is 2.32. The summed E-state index contributed by atoms with van der Waals surface area (Å²) in [6, 6.07) is 0. The normalized spacial score (nSPS) is 12.4. The quantitative estimate of drug-likeness (QED) is 0.506. The second-order valence-electron chi connectivity index (χ2n) is 3.33. The van der Waals surface area contributed by atoms with Gasteiger partial charge in [-0.3, -0.25) is 4.79 Å². The number of hydrogen-bond donors (Lipinski definition) is 1. The van der Waals surface area contributed by atoms with Gasteiger partial charge in [-0.2, -0.15) is 13.2 Å². The topological polar surface area (TPSA) is 63.2 Å². The van der Waals surface area contributed by atoms with Gasteiger partial charge in [0.25, 0.3) is 10.0 Å². The van der Waals surface area contributed by atoms with E-state index in [0.29, 0.717) is 0 Å². The Labute approximate surface area is 110 Å². The average molecular weight is 343 g/mol. The number of carbonyl (C=O) groups excluding carboxylic acids is 1. The van der Waals surface area contributed by atoms with Crippen molar-refractivity contribution in [1.29, 1.82) is 0 Å². The van der Waals surface area contributed by atoms with Crippen LogP contribution in [0.15, 0.2) is 4.90 Å². The third-order valence-electron chi connectivity index (χ3n) is 1.92. The lowest BCUT2D eigenvalue weighted by Crippen LogP contribution is -2.41. The minimum absolute atomic E-state index is 0.141. The van der Waals surface area contributed by atoms with Gasteiger partial charge in [0.1, 0.15) is 0 Å². The predicted octanol–water partition coefficient (Wildman–Crippen LogP) is 1.75. The highest BCUT2D eigenvalue weighted by Gasteiger charge is 2.43. The SMILES string of the molecule is O=C(NS(=O)(=O)c1c(F)c(F)c(F)c(F)c1F)C(F)(F)F. The molecule has 0 bridgehead atoms. The Kier molecular flexibility index (Phi) is 4.18. The van der Waals surface area contributed by atoms with Gasteiger partial charge in [-0.05, 0) is 0 Å². The number of nitrogens with one attached hydrogen (secondary N) is 1. The van der Waals surface area contributed by atoms with Crippen molar-refractivity contribution in [2.45, 2.75) is 11.1 Å². The molecule has 0 aliphatic rings. The highest BCUT2D eigenvalue weighted by atomic mass is 32.2. The van der Waals surface area contributed by atoms with Gasteiger partial charge in [0.2, 0.25) is 5.82 Å². The van der Waals surface area contributed by atoms with Crippen molar-refractivity contribution < 1.29 is 48.3 Å². The molecule has 4 nitrogen and oxygen atoms in total. The summed E-state index contributed by atoms with van der Waals surface area (Å²) in [5.41, 5.74) is 0. The summed E-state index contributed by atoms with van der Waals surface area (Å²) in [7, 11) is -5.98. The third kappa shape index (κ3) is 3.06. The van der Waals surface area contributed by atoms with Gasteiger partial charge in [-0.1, -0.05) is 0 Å². The fourth-order valence-corrected chi connectivity index (χ4v) is 2.16. The highest BCUT2D eigenvalue weighted by molar-refractivity contribution is 7.90. The zero-order valence-corrected chi connectivity index (χ0v) is 9.97. The molecule has 1 aromatic rings. The Morgan fingerprint density at radius 2 is 1.14 bits per heavy atom. The molecule has 0 atom stereocenters. The molecule has 0 unspecified atom stereocenters. The molecule has 0 aliphatic heterocycles. The first-order chi connectivity index (χ1) is 9.30. The second-order valence-corrected chi connectivity index (χ2v) is 4.95. The van der Waals surface area contributed by atoms with Gasteiger partial charge in [0.15, 0.2) is 28.2 Å². The minimum Gasteiger partial charge on any atom is -0.263 e. The number of carbonyl (C=O) groups is 1. The van der Waals surface area contributed by atoms with Crippen LogP contribution in [0, 0.1) is 29.1 Å². The first-order valence-corrected chi connectivity index (χ1v) is 5.94. The second kappa shape index (κ2) is 5.13. The Balaban J connectivity index is 3.51. The van der Waals surface area contributed by atoms with Crippen molar-refractivity contribution in [3.63, 3.8) is 0 Å². The van der Waals surface area contributed by atoms with E-state index in [0.717, 1.165) is 0 Å². The summed E-state index contributed by atoms with van der Waals surface area (Å²) in [6.07, 6.45) is -5.77. The molecule has 1 amide bonds. The third-order valence-corrected chi connectivity index (χ3v) is 3.27. The van der Waals surface area contributed by atoms with E-state index < -0.39 is 56.1 Å². The van der Waals surface area contributed by atoms with Crippen molar-refractivity contribution >= 4 is 15.9 Å². The maximum Gasteiger partial charge on any atom is 0.472 e. The Bertz CT molecular complexity index is 682. The van der Waals surface area contributed by atoms with Crippen LogP contribution in [0.25, 0.3) is 0 Å². The molecule has 0 heterocycles. The zero-order valence-electron chi connectivity index (χ0n) is 9.16. The fraction of sp³-hybridized carbons (Fsp3) is 0.125. The molecule has 0 aliphatic carbocycles. The molecule has 0 fully saturated rings. The van der Waals surface area contributed by atoms with Gasteiger partial charge in [-0.25, -0.2) is 35.1 Å². The fourth-order valence-electron chi connectivity index (χ4n) is 1.05. The van der Waals surface area contributed by atoms with Crippen LogP contribution in [0.2, 0.25) is 0 Å². The van der Waals surface area contributed by atoms with Crippen molar-refractivity contribution in [1.82, 2.24) is 4.72 Å². The lowest BCUT2D eigenvalue weighted by Gasteiger charge is -2.11. The smallest absolute Gasteiger partial charge is 0.263 e. The molecule has 13 heteroatoms. The van der Waals surface area contributed by atoms with E-state index in [1.54, 1.807) is 0 Å². The van der Waals surface area contributed by atoms with Gasteiger partial charge in [0, 0.05) is 0 Å². The molecule has 1 rings (SSSR count). The Morgan fingerprint density at radius 1 is 0.810 bits per heavy atom. The van der Waals surface area contributed by atoms with Crippen LogP contribution in [0.5, 0.6) is 0 Å². The molecule has 0 saturated heterocycles. The molecule has 21 heavy (non-hydrogen) atoms. The van der Waals surface area contributed by atoms with Crippen molar-refractivity contribution in [2.75, 3.05) is 0 Å². The Morgan fingerprint density at radius 3 is 1.48 bits per heavy atom. The van der Waals surface area contributed by atoms with Gasteiger partial charge < -0.3 is 0 Å². The van der Waals surface area contributed by atoms with Crippen LogP contribution in [0.3, 0.4) is 0 Å². The van der Waals surface area contributed by atoms with Crippen LogP contribution in [0.1, 0.15) is 0 Å². The van der Waals surface area contributed by atoms with E-state index in [1.807, 2.05) is 0 Å². The monoisotopic (exact) mass is 343 g/mol. The summed E-state index contributed by atoms with van der Waals surface area (Å²) < 4.78 is 122. The molecule has 1 N–H and O–H groups in total. The predicted molar refractivity (Wildman–Crippen MR) is 47.6 cm³/mol. The molecule has 0 aromatic heterocycles. The molecular weight excluding hydrogens is 342 g/mol. The number of benzene rings is 1. The zero-order chi connectivity index (χ0) is 16.7. The van der Waals surface area contributed by atoms with Gasteiger partial charge >= 0.3 is 12.1 Å². The van der Waals surface area contributed by atoms with Gasteiger partial charge in [0.05, 0.1) is 0 Å². The minimum atomic E-state index is -5.98. The number of halogens is 8. The highest BCUT2D eigenvalue weighted by Crippen LogP contribution is 2.27. The lowest BCUT2D eigenvalue weighted by molar-refractivity contribution is -0.171. The Hall–Kier alpha value is -1.92. The molecule has 1 aromatic carbocycles. The van der Waals surface area contributed by atoms with Crippen LogP contribution in [-0.4, -0.2) is 20.5 Å². The van der Waals surface area contributed by atoms with E-state index in [2.05, 4.69) is 0 Å². The first-order valence-electron chi connectivity index (χ1n) is 4.46. The molecular formula is C8HF8NO3S. The molecule has 0 radical (unpaired) electrons. The van der Waals surface area contributed by atoms with Crippen LogP contribution < -0.4 is 4.72 Å². The summed E-state index contributed by atoms with van der Waals surface area (Å²) in [4.78, 5) is 7.79. The molecule has 118 valence electrons. The van der Waals surface area contributed by atoms with E-state index in [4.69, 9.17) is 0 Å². The van der Waals surface area contributed by atoms with Crippen LogP contribution in [0.4, 0.5) is 35.1 Å².